The molecule has 10 rings (SSSR count). The summed E-state index contributed by atoms with van der Waals surface area (Å²) in [4.78, 5) is 0. The minimum atomic E-state index is -0.668. The zero-order valence-corrected chi connectivity index (χ0v) is 24.0. The van der Waals surface area contributed by atoms with Crippen LogP contribution in [-0.4, -0.2) is 9.13 Å². The van der Waals surface area contributed by atoms with Gasteiger partial charge in [-0.05, 0) is 71.7 Å². The van der Waals surface area contributed by atoms with Gasteiger partial charge in [0, 0.05) is 47.4 Å². The van der Waals surface area contributed by atoms with E-state index in [-0.39, 0.29) is 67.7 Å². The summed E-state index contributed by atoms with van der Waals surface area (Å²) in [6, 6.07) is 13.3. The Bertz CT molecular complexity index is 3590. The van der Waals surface area contributed by atoms with Crippen LogP contribution in [0.3, 0.4) is 0 Å². The summed E-state index contributed by atoms with van der Waals surface area (Å²) >= 11 is 0.922. The highest BCUT2D eigenvalue weighted by atomic mass is 32.1. The predicted molar refractivity (Wildman–Crippen MR) is 193 cm³/mol. The Morgan fingerprint density at radius 3 is 2.07 bits per heavy atom. The highest BCUT2D eigenvalue weighted by molar-refractivity contribution is 7.25. The van der Waals surface area contributed by atoms with E-state index in [9.17, 15) is 2.74 Å². The number of fused-ring (bicyclic) bond motifs is 9. The largest absolute Gasteiger partial charge is 0.309 e. The highest BCUT2D eigenvalue weighted by Gasteiger charge is 2.19. The van der Waals surface area contributed by atoms with Crippen LogP contribution >= 0.6 is 11.3 Å². The second-order valence-corrected chi connectivity index (χ2v) is 11.6. The molecule has 0 saturated carbocycles. The zero-order chi connectivity index (χ0) is 42.5. The number of hydrogen-bond acceptors (Lipinski definition) is 1. The molecule has 7 aromatic carbocycles. The van der Waals surface area contributed by atoms with Crippen LogP contribution in [0.25, 0.3) is 86.3 Å². The van der Waals surface area contributed by atoms with Crippen molar-refractivity contribution in [3.63, 3.8) is 0 Å². The van der Waals surface area contributed by atoms with Gasteiger partial charge in [0.1, 0.15) is 0 Å². The maximum Gasteiger partial charge on any atom is 0.0645 e. The van der Waals surface area contributed by atoms with Gasteiger partial charge in [-0.3, -0.25) is 0 Å². The van der Waals surface area contributed by atoms with Crippen molar-refractivity contribution >= 4 is 75.1 Å². The Labute approximate surface area is 284 Å². The van der Waals surface area contributed by atoms with Gasteiger partial charge in [-0.25, -0.2) is 0 Å². The molecule has 0 amide bonds. The predicted octanol–water partition coefficient (Wildman–Crippen LogP) is 11.9. The van der Waals surface area contributed by atoms with Gasteiger partial charge in [-0.1, -0.05) is 96.8 Å². The fraction of sp³-hybridized carbons (Fsp3) is 0. The van der Waals surface area contributed by atoms with Crippen LogP contribution in [0.15, 0.2) is 157 Å². The van der Waals surface area contributed by atoms with E-state index in [1.54, 1.807) is 27.3 Å². The Balaban J connectivity index is 1.35. The molecule has 3 heterocycles. The molecule has 3 heteroatoms. The molecule has 0 fully saturated rings. The lowest BCUT2D eigenvalue weighted by molar-refractivity contribution is 1.17. The normalized spacial score (nSPS) is 16.7. The molecule has 45 heavy (non-hydrogen) atoms. The molecule has 0 bridgehead atoms. The van der Waals surface area contributed by atoms with E-state index >= 15 is 0 Å². The smallest absolute Gasteiger partial charge is 0.0645 e. The van der Waals surface area contributed by atoms with Crippen molar-refractivity contribution in [3.8, 4) is 22.5 Å². The second kappa shape index (κ2) is 9.43. The van der Waals surface area contributed by atoms with E-state index in [4.69, 9.17) is 17.8 Å². The van der Waals surface area contributed by atoms with E-state index in [1.165, 1.54) is 0 Å². The molecule has 3 aromatic heterocycles. The first-order valence-electron chi connectivity index (χ1n) is 21.6. The Morgan fingerprint density at radius 2 is 1.20 bits per heavy atom. The summed E-state index contributed by atoms with van der Waals surface area (Å²) in [5, 5.41) is 2.61. The number of para-hydroxylation sites is 3. The van der Waals surface area contributed by atoms with Gasteiger partial charge in [-0.15, -0.1) is 11.3 Å². The fourth-order valence-electron chi connectivity index (χ4n) is 6.38. The van der Waals surface area contributed by atoms with Gasteiger partial charge in [0.15, 0.2) is 0 Å². The summed E-state index contributed by atoms with van der Waals surface area (Å²) in [6.07, 6.45) is 0. The Morgan fingerprint density at radius 1 is 0.467 bits per heavy atom. The zero-order valence-electron chi connectivity index (χ0n) is 38.2. The third kappa shape index (κ3) is 3.56. The molecule has 0 N–H and O–H groups in total. The lowest BCUT2D eigenvalue weighted by atomic mass is 10.0. The van der Waals surface area contributed by atoms with E-state index in [0.717, 1.165) is 11.3 Å². The number of hydrogen-bond donors (Lipinski definition) is 0. The topological polar surface area (TPSA) is 9.86 Å². The number of aromatic nitrogens is 2. The summed E-state index contributed by atoms with van der Waals surface area (Å²) in [7, 11) is 0. The standard InChI is InChI=1S/C42H26N2S/c1-2-11-27(12-3-1)28-21-24-40-34(25-28)42-39(19-10-20-41(42)45-40)44-37-18-9-6-15-32(37)33-26-29(22-23-38(33)44)43-35-16-7-4-13-30(35)31-14-5-8-17-36(31)43/h1-26H/i1D,2D,3D,4D,7D,10D,11D,12D,13D,16D,19D,20D,21D,24D,25D. The molecule has 210 valence electrons. The van der Waals surface area contributed by atoms with Crippen molar-refractivity contribution in [1.82, 2.24) is 9.13 Å². The average molecular weight is 606 g/mol. The van der Waals surface area contributed by atoms with Gasteiger partial charge in [-0.2, -0.15) is 0 Å². The minimum Gasteiger partial charge on any atom is -0.309 e. The van der Waals surface area contributed by atoms with Gasteiger partial charge >= 0.3 is 0 Å². The number of nitrogens with zero attached hydrogens (tertiary/aromatic N) is 2. The Kier molecular flexibility index (Phi) is 3.02. The lowest BCUT2D eigenvalue weighted by Crippen LogP contribution is -1.96. The molecule has 0 radical (unpaired) electrons. The lowest BCUT2D eigenvalue weighted by Gasteiger charge is -2.12. The van der Waals surface area contributed by atoms with Crippen LogP contribution in [0.5, 0.6) is 0 Å². The van der Waals surface area contributed by atoms with Gasteiger partial charge in [0.25, 0.3) is 0 Å². The molecule has 0 saturated heterocycles. The minimum absolute atomic E-state index is 0.0387. The molecule has 2 nitrogen and oxygen atoms in total. The van der Waals surface area contributed by atoms with E-state index in [2.05, 4.69) is 0 Å². The highest BCUT2D eigenvalue weighted by Crippen LogP contribution is 2.43. The molecule has 0 aliphatic heterocycles. The van der Waals surface area contributed by atoms with Crippen LogP contribution in [0.4, 0.5) is 0 Å². The third-order valence-corrected chi connectivity index (χ3v) is 9.27. The molecule has 10 aromatic rings. The summed E-state index contributed by atoms with van der Waals surface area (Å²) in [5.41, 5.74) is 2.01. The molecule has 0 unspecified atom stereocenters. The van der Waals surface area contributed by atoms with Crippen LogP contribution < -0.4 is 0 Å². The van der Waals surface area contributed by atoms with Crippen LogP contribution in [0.2, 0.25) is 0 Å². The van der Waals surface area contributed by atoms with Gasteiger partial charge in [0.2, 0.25) is 0 Å². The van der Waals surface area contributed by atoms with Crippen LogP contribution in [0.1, 0.15) is 20.6 Å². The van der Waals surface area contributed by atoms with Crippen molar-refractivity contribution in [2.45, 2.75) is 0 Å². The van der Waals surface area contributed by atoms with Crippen molar-refractivity contribution in [2.75, 3.05) is 0 Å². The summed E-state index contributed by atoms with van der Waals surface area (Å²) in [6.45, 7) is 0. The molecule has 0 aliphatic carbocycles. The van der Waals surface area contributed by atoms with E-state index < -0.39 is 59.9 Å². The third-order valence-electron chi connectivity index (χ3n) is 8.25. The van der Waals surface area contributed by atoms with Gasteiger partial charge < -0.3 is 9.13 Å². The van der Waals surface area contributed by atoms with Crippen LogP contribution in [-0.2, 0) is 0 Å². The first kappa shape index (κ1) is 14.4. The number of benzene rings is 7. The van der Waals surface area contributed by atoms with Crippen molar-refractivity contribution in [1.29, 1.82) is 0 Å². The number of rotatable bonds is 3. The first-order chi connectivity index (χ1) is 28.6. The first-order valence-corrected chi connectivity index (χ1v) is 15.0. The van der Waals surface area contributed by atoms with Crippen molar-refractivity contribution in [3.05, 3.63) is 157 Å². The Hall–Kier alpha value is -5.64. The average Bonchev–Trinajstić information content (AvgIpc) is 3.92. The fourth-order valence-corrected chi connectivity index (χ4v) is 7.35. The molecular weight excluding hydrogens is 565 g/mol. The maximum absolute atomic E-state index is 9.58. The summed E-state index contributed by atoms with van der Waals surface area (Å²) < 4.78 is 136. The molecular formula is C42H26N2S. The van der Waals surface area contributed by atoms with Crippen molar-refractivity contribution in [2.24, 2.45) is 0 Å². The van der Waals surface area contributed by atoms with E-state index in [0.29, 0.717) is 49.3 Å². The molecule has 0 spiro atoms. The quantitative estimate of drug-likeness (QED) is 0.190. The van der Waals surface area contributed by atoms with Crippen LogP contribution in [0, 0.1) is 0 Å². The number of thiophene rings is 1. The van der Waals surface area contributed by atoms with Gasteiger partial charge in [0.05, 0.1) is 48.3 Å². The summed E-state index contributed by atoms with van der Waals surface area (Å²) in [5.74, 6) is 0. The van der Waals surface area contributed by atoms with Crippen molar-refractivity contribution < 1.29 is 20.6 Å². The molecule has 0 atom stereocenters. The van der Waals surface area contributed by atoms with E-state index in [1.807, 2.05) is 48.5 Å². The molecule has 0 aliphatic rings. The second-order valence-electron chi connectivity index (χ2n) is 10.6. The maximum atomic E-state index is 9.58. The SMILES string of the molecule is [2H]c1c([2H])c([2H])c(-c2c([2H])c([2H])c3sc4c([2H])c([2H])c([2H])c(-n5c6ccccc6c6cc(-n7c8ccccc8c8c([2H])c([2H])c([2H])c([2H])c87)ccc65)c4c3c2[2H])c([2H])c1[2H]. The monoisotopic (exact) mass is 605 g/mol.